The molecule has 3 heteroatoms. The topological polar surface area (TPSA) is 18.5 Å². The van der Waals surface area contributed by atoms with Gasteiger partial charge >= 0.3 is 0 Å². The van der Waals surface area contributed by atoms with Crippen molar-refractivity contribution in [1.29, 1.82) is 0 Å². The van der Waals surface area contributed by atoms with Gasteiger partial charge in [0.05, 0.1) is 13.2 Å². The second kappa shape index (κ2) is 11.5. The van der Waals surface area contributed by atoms with Gasteiger partial charge in [-0.05, 0) is 43.9 Å². The number of alkyl halides is 1. The Morgan fingerprint density at radius 3 is 2.15 bits per heavy atom. The van der Waals surface area contributed by atoms with Crippen molar-refractivity contribution in [3.8, 4) is 11.5 Å². The van der Waals surface area contributed by atoms with E-state index in [2.05, 4.69) is 67.0 Å². The summed E-state index contributed by atoms with van der Waals surface area (Å²) in [5.74, 6) is 2.44. The predicted molar refractivity (Wildman–Crippen MR) is 116 cm³/mol. The van der Waals surface area contributed by atoms with Crippen LogP contribution in [0.2, 0.25) is 0 Å². The van der Waals surface area contributed by atoms with E-state index in [1.165, 1.54) is 37.7 Å². The molecule has 0 heterocycles. The monoisotopic (exact) mass is 420 g/mol. The summed E-state index contributed by atoms with van der Waals surface area (Å²) in [6.45, 7) is 7.98. The van der Waals surface area contributed by atoms with E-state index in [-0.39, 0.29) is 0 Å². The quantitative estimate of drug-likeness (QED) is 0.264. The second-order valence-corrected chi connectivity index (χ2v) is 8.27. The van der Waals surface area contributed by atoms with Gasteiger partial charge in [-0.15, -0.1) is 0 Å². The number of aryl methyl sites for hydroxylation is 1. The van der Waals surface area contributed by atoms with Crippen molar-refractivity contribution in [2.45, 2.75) is 59.3 Å². The highest BCUT2D eigenvalue weighted by atomic mass is 79.9. The lowest BCUT2D eigenvalue weighted by atomic mass is 10.1. The summed E-state index contributed by atoms with van der Waals surface area (Å²) in [5.41, 5.74) is 1.25. The molecule has 0 N–H and O–H groups in total. The SMILES string of the molecule is Cc1ccc2c(OCC(C)C)ccc(OCCCCCCCCBr)c2c1. The first-order chi connectivity index (χ1) is 12.6. The van der Waals surface area contributed by atoms with Crippen LogP contribution in [-0.2, 0) is 0 Å². The first-order valence-electron chi connectivity index (χ1n) is 9.96. The van der Waals surface area contributed by atoms with Gasteiger partial charge in [0.2, 0.25) is 0 Å². The molecule has 0 aliphatic carbocycles. The lowest BCUT2D eigenvalue weighted by Gasteiger charge is -2.15. The van der Waals surface area contributed by atoms with E-state index in [0.717, 1.165) is 47.2 Å². The molecule has 26 heavy (non-hydrogen) atoms. The molecule has 0 unspecified atom stereocenters. The Balaban J connectivity index is 1.95. The van der Waals surface area contributed by atoms with Crippen LogP contribution in [0.3, 0.4) is 0 Å². The highest BCUT2D eigenvalue weighted by Crippen LogP contribution is 2.34. The lowest BCUT2D eigenvalue weighted by molar-refractivity contribution is 0.273. The van der Waals surface area contributed by atoms with E-state index >= 15 is 0 Å². The molecule has 0 aromatic heterocycles. The van der Waals surface area contributed by atoms with Crippen molar-refractivity contribution in [3.05, 3.63) is 35.9 Å². The molecule has 0 spiro atoms. The van der Waals surface area contributed by atoms with Crippen molar-refractivity contribution in [2.24, 2.45) is 5.92 Å². The molecule has 144 valence electrons. The summed E-state index contributed by atoms with van der Waals surface area (Å²) in [4.78, 5) is 0. The van der Waals surface area contributed by atoms with E-state index in [4.69, 9.17) is 9.47 Å². The molecule has 2 nitrogen and oxygen atoms in total. The molecule has 0 aliphatic rings. The van der Waals surface area contributed by atoms with E-state index in [1.807, 2.05) is 0 Å². The zero-order valence-corrected chi connectivity index (χ0v) is 18.1. The third-order valence-electron chi connectivity index (χ3n) is 4.45. The van der Waals surface area contributed by atoms with E-state index < -0.39 is 0 Å². The molecule has 0 fully saturated rings. The number of halogens is 1. The molecule has 0 bridgehead atoms. The molecule has 0 aliphatic heterocycles. The fourth-order valence-electron chi connectivity index (χ4n) is 3.00. The van der Waals surface area contributed by atoms with Crippen LogP contribution in [0.15, 0.2) is 30.3 Å². The van der Waals surface area contributed by atoms with Crippen LogP contribution < -0.4 is 9.47 Å². The van der Waals surface area contributed by atoms with Gasteiger partial charge in [-0.1, -0.05) is 73.2 Å². The number of hydrogen-bond acceptors (Lipinski definition) is 2. The Morgan fingerprint density at radius 1 is 0.808 bits per heavy atom. The fraction of sp³-hybridized carbons (Fsp3) is 0.565. The van der Waals surface area contributed by atoms with Crippen LogP contribution in [0, 0.1) is 12.8 Å². The second-order valence-electron chi connectivity index (χ2n) is 7.47. The Bertz CT molecular complexity index is 667. The maximum atomic E-state index is 6.12. The molecule has 0 saturated carbocycles. The molecule has 2 aromatic rings. The van der Waals surface area contributed by atoms with Crippen LogP contribution >= 0.6 is 15.9 Å². The maximum Gasteiger partial charge on any atom is 0.127 e. The van der Waals surface area contributed by atoms with Crippen LogP contribution in [0.25, 0.3) is 10.8 Å². The van der Waals surface area contributed by atoms with Gasteiger partial charge < -0.3 is 9.47 Å². The predicted octanol–water partition coefficient (Wildman–Crippen LogP) is 7.30. The van der Waals surface area contributed by atoms with Gasteiger partial charge in [-0.3, -0.25) is 0 Å². The van der Waals surface area contributed by atoms with Crippen molar-refractivity contribution in [1.82, 2.24) is 0 Å². The Morgan fingerprint density at radius 2 is 1.46 bits per heavy atom. The maximum absolute atomic E-state index is 6.12. The van der Waals surface area contributed by atoms with Gasteiger partial charge in [-0.2, -0.15) is 0 Å². The first kappa shape index (κ1) is 21.1. The molecule has 2 aromatic carbocycles. The van der Waals surface area contributed by atoms with Crippen molar-refractivity contribution >= 4 is 26.7 Å². The Hall–Kier alpha value is -1.22. The number of unbranched alkanes of at least 4 members (excludes halogenated alkanes) is 5. The van der Waals surface area contributed by atoms with E-state index in [0.29, 0.717) is 5.92 Å². The number of hydrogen-bond donors (Lipinski definition) is 0. The molecular formula is C23H33BrO2. The average molecular weight is 421 g/mol. The Kier molecular flexibility index (Phi) is 9.31. The largest absolute Gasteiger partial charge is 0.493 e. The van der Waals surface area contributed by atoms with Gasteiger partial charge in [0.15, 0.2) is 0 Å². The standard InChI is InChI=1S/C23H33BrO2/c1-18(2)17-26-22-12-13-23(21-16-19(3)10-11-20(21)22)25-15-9-7-5-4-6-8-14-24/h10-13,16,18H,4-9,14-15,17H2,1-3H3. The van der Waals surface area contributed by atoms with Gasteiger partial charge in [0.1, 0.15) is 11.5 Å². The minimum atomic E-state index is 0.515. The van der Waals surface area contributed by atoms with Crippen LogP contribution in [0.1, 0.15) is 57.9 Å². The molecule has 0 amide bonds. The van der Waals surface area contributed by atoms with Crippen molar-refractivity contribution in [3.63, 3.8) is 0 Å². The summed E-state index contributed by atoms with van der Waals surface area (Å²) in [5, 5.41) is 3.42. The van der Waals surface area contributed by atoms with Gasteiger partial charge in [0.25, 0.3) is 0 Å². The van der Waals surface area contributed by atoms with Crippen molar-refractivity contribution < 1.29 is 9.47 Å². The van der Waals surface area contributed by atoms with Crippen LogP contribution in [0.5, 0.6) is 11.5 Å². The highest BCUT2D eigenvalue weighted by molar-refractivity contribution is 9.09. The number of fused-ring (bicyclic) bond motifs is 1. The molecule has 2 rings (SSSR count). The van der Waals surface area contributed by atoms with Crippen LogP contribution in [-0.4, -0.2) is 18.5 Å². The summed E-state index contributed by atoms with van der Waals surface area (Å²) in [6.07, 6.45) is 7.61. The summed E-state index contributed by atoms with van der Waals surface area (Å²) < 4.78 is 12.1. The average Bonchev–Trinajstić information content (AvgIpc) is 2.62. The summed E-state index contributed by atoms with van der Waals surface area (Å²) >= 11 is 3.49. The minimum absolute atomic E-state index is 0.515. The van der Waals surface area contributed by atoms with E-state index in [9.17, 15) is 0 Å². The van der Waals surface area contributed by atoms with Crippen LogP contribution in [0.4, 0.5) is 0 Å². The third-order valence-corrected chi connectivity index (χ3v) is 5.01. The van der Waals surface area contributed by atoms with Gasteiger partial charge in [-0.25, -0.2) is 0 Å². The molecule has 0 radical (unpaired) electrons. The minimum Gasteiger partial charge on any atom is -0.493 e. The summed E-state index contributed by atoms with van der Waals surface area (Å²) in [7, 11) is 0. The molecular weight excluding hydrogens is 388 g/mol. The zero-order valence-electron chi connectivity index (χ0n) is 16.5. The lowest BCUT2D eigenvalue weighted by Crippen LogP contribution is -2.05. The van der Waals surface area contributed by atoms with Gasteiger partial charge in [0, 0.05) is 16.1 Å². The highest BCUT2D eigenvalue weighted by Gasteiger charge is 2.09. The molecule has 0 saturated heterocycles. The summed E-state index contributed by atoms with van der Waals surface area (Å²) in [6, 6.07) is 10.6. The fourth-order valence-corrected chi connectivity index (χ4v) is 3.40. The molecule has 0 atom stereocenters. The number of benzene rings is 2. The van der Waals surface area contributed by atoms with E-state index in [1.54, 1.807) is 0 Å². The third kappa shape index (κ3) is 6.83. The number of ether oxygens (including phenoxy) is 2. The number of rotatable bonds is 12. The normalized spacial score (nSPS) is 11.3. The Labute approximate surface area is 167 Å². The van der Waals surface area contributed by atoms with Crippen molar-refractivity contribution in [2.75, 3.05) is 18.5 Å². The first-order valence-corrected chi connectivity index (χ1v) is 11.1. The zero-order chi connectivity index (χ0) is 18.8. The smallest absolute Gasteiger partial charge is 0.127 e.